The van der Waals surface area contributed by atoms with Crippen molar-refractivity contribution in [3.63, 3.8) is 0 Å². The lowest BCUT2D eigenvalue weighted by molar-refractivity contribution is 0.456. The smallest absolute Gasteiger partial charge is 0.0410 e. The summed E-state index contributed by atoms with van der Waals surface area (Å²) < 4.78 is 0. The van der Waals surface area contributed by atoms with Crippen molar-refractivity contribution >= 4 is 23.4 Å². The van der Waals surface area contributed by atoms with Crippen LogP contribution >= 0.6 is 23.4 Å². The van der Waals surface area contributed by atoms with E-state index in [-0.39, 0.29) is 0 Å². The zero-order valence-corrected chi connectivity index (χ0v) is 12.6. The number of hydrogen-bond donors (Lipinski definition) is 1. The molecule has 1 aromatic carbocycles. The molecular weight excluding hydrogens is 262 g/mol. The van der Waals surface area contributed by atoms with Crippen molar-refractivity contribution in [3.05, 3.63) is 28.8 Å². The molecule has 0 saturated heterocycles. The predicted molar refractivity (Wildman–Crippen MR) is 79.4 cm³/mol. The SMILES string of the molecule is CC1(C)CC1CNC1CCSc2ccc(Cl)cc21. The standard InChI is InChI=1S/C15H20ClNS/c1-15(2)8-10(15)9-17-13-5-6-18-14-4-3-11(16)7-12(13)14/h3-4,7,10,13,17H,5-6,8-9H2,1-2H3. The van der Waals surface area contributed by atoms with Gasteiger partial charge in [-0.05, 0) is 60.2 Å². The highest BCUT2D eigenvalue weighted by Gasteiger charge is 2.45. The molecule has 2 unspecified atom stereocenters. The molecule has 98 valence electrons. The zero-order valence-electron chi connectivity index (χ0n) is 11.0. The molecule has 1 heterocycles. The molecular formula is C15H20ClNS. The maximum absolute atomic E-state index is 6.13. The van der Waals surface area contributed by atoms with Crippen LogP contribution in [0.3, 0.4) is 0 Å². The molecule has 1 nitrogen and oxygen atoms in total. The van der Waals surface area contributed by atoms with Gasteiger partial charge in [-0.15, -0.1) is 11.8 Å². The lowest BCUT2D eigenvalue weighted by atomic mass is 10.0. The van der Waals surface area contributed by atoms with Gasteiger partial charge in [-0.3, -0.25) is 0 Å². The molecule has 1 fully saturated rings. The molecule has 0 spiro atoms. The molecule has 1 N–H and O–H groups in total. The normalized spacial score (nSPS) is 28.8. The van der Waals surface area contributed by atoms with Crippen molar-refractivity contribution in [2.24, 2.45) is 11.3 Å². The number of halogens is 1. The minimum Gasteiger partial charge on any atom is -0.310 e. The topological polar surface area (TPSA) is 12.0 Å². The highest BCUT2D eigenvalue weighted by Crippen LogP contribution is 2.51. The second-order valence-electron chi connectivity index (χ2n) is 6.17. The van der Waals surface area contributed by atoms with Gasteiger partial charge in [-0.1, -0.05) is 25.4 Å². The molecule has 2 aliphatic rings. The molecule has 1 saturated carbocycles. The number of fused-ring (bicyclic) bond motifs is 1. The fourth-order valence-electron chi connectivity index (χ4n) is 2.79. The lowest BCUT2D eigenvalue weighted by Gasteiger charge is -2.26. The summed E-state index contributed by atoms with van der Waals surface area (Å²) in [4.78, 5) is 1.40. The van der Waals surface area contributed by atoms with Crippen LogP contribution in [0, 0.1) is 11.3 Å². The van der Waals surface area contributed by atoms with Gasteiger partial charge in [0, 0.05) is 16.0 Å². The number of rotatable bonds is 3. The summed E-state index contributed by atoms with van der Waals surface area (Å²) in [5, 5.41) is 4.61. The van der Waals surface area contributed by atoms with Crippen molar-refractivity contribution in [2.45, 2.75) is 37.6 Å². The number of benzene rings is 1. The van der Waals surface area contributed by atoms with Crippen LogP contribution in [-0.4, -0.2) is 12.3 Å². The number of thioether (sulfide) groups is 1. The van der Waals surface area contributed by atoms with E-state index in [1.807, 2.05) is 17.8 Å². The average Bonchev–Trinajstić information content (AvgIpc) is 2.94. The summed E-state index contributed by atoms with van der Waals surface area (Å²) in [7, 11) is 0. The Kier molecular flexibility index (Phi) is 3.38. The van der Waals surface area contributed by atoms with Crippen molar-refractivity contribution in [3.8, 4) is 0 Å². The van der Waals surface area contributed by atoms with E-state index in [1.165, 1.54) is 29.1 Å². The van der Waals surface area contributed by atoms with Gasteiger partial charge in [0.15, 0.2) is 0 Å². The molecule has 1 aromatic rings. The van der Waals surface area contributed by atoms with E-state index in [0.717, 1.165) is 17.5 Å². The van der Waals surface area contributed by atoms with Crippen molar-refractivity contribution in [2.75, 3.05) is 12.3 Å². The maximum Gasteiger partial charge on any atom is 0.0410 e. The Morgan fingerprint density at radius 1 is 1.44 bits per heavy atom. The van der Waals surface area contributed by atoms with E-state index >= 15 is 0 Å². The third-order valence-corrected chi connectivity index (χ3v) is 5.70. The van der Waals surface area contributed by atoms with Crippen LogP contribution in [-0.2, 0) is 0 Å². The summed E-state index contributed by atoms with van der Waals surface area (Å²) in [5.74, 6) is 2.06. The first kappa shape index (κ1) is 12.8. The first-order valence-electron chi connectivity index (χ1n) is 6.72. The van der Waals surface area contributed by atoms with Crippen LogP contribution in [0.2, 0.25) is 5.02 Å². The summed E-state index contributed by atoms with van der Waals surface area (Å²) in [6.45, 7) is 5.87. The van der Waals surface area contributed by atoms with Crippen molar-refractivity contribution < 1.29 is 0 Å². The van der Waals surface area contributed by atoms with E-state index in [2.05, 4.69) is 31.3 Å². The fraction of sp³-hybridized carbons (Fsp3) is 0.600. The summed E-state index contributed by atoms with van der Waals surface area (Å²) >= 11 is 8.08. The molecule has 0 bridgehead atoms. The highest BCUT2D eigenvalue weighted by molar-refractivity contribution is 7.99. The predicted octanol–water partition coefficient (Wildman–Crippen LogP) is 4.51. The fourth-order valence-corrected chi connectivity index (χ4v) is 4.07. The third kappa shape index (κ3) is 2.56. The largest absolute Gasteiger partial charge is 0.310 e. The first-order chi connectivity index (χ1) is 8.56. The van der Waals surface area contributed by atoms with Crippen LogP contribution < -0.4 is 5.32 Å². The van der Waals surface area contributed by atoms with E-state index in [1.54, 1.807) is 0 Å². The Morgan fingerprint density at radius 2 is 2.22 bits per heavy atom. The lowest BCUT2D eigenvalue weighted by Crippen LogP contribution is -2.27. The second-order valence-corrected chi connectivity index (χ2v) is 7.74. The molecule has 1 aliphatic heterocycles. The van der Waals surface area contributed by atoms with Gasteiger partial charge in [0.1, 0.15) is 0 Å². The molecule has 0 aromatic heterocycles. The second kappa shape index (κ2) is 4.73. The third-order valence-electron chi connectivity index (χ3n) is 4.34. The number of nitrogens with one attached hydrogen (secondary N) is 1. The Morgan fingerprint density at radius 3 is 2.94 bits per heavy atom. The Bertz CT molecular complexity index is 458. The van der Waals surface area contributed by atoms with Gasteiger partial charge >= 0.3 is 0 Å². The van der Waals surface area contributed by atoms with E-state index < -0.39 is 0 Å². The Hall–Kier alpha value is -0.180. The van der Waals surface area contributed by atoms with E-state index in [9.17, 15) is 0 Å². The van der Waals surface area contributed by atoms with Gasteiger partial charge < -0.3 is 5.32 Å². The van der Waals surface area contributed by atoms with E-state index in [0.29, 0.717) is 11.5 Å². The molecule has 0 amide bonds. The zero-order chi connectivity index (χ0) is 12.8. The van der Waals surface area contributed by atoms with Crippen molar-refractivity contribution in [1.29, 1.82) is 0 Å². The van der Waals surface area contributed by atoms with Gasteiger partial charge in [-0.25, -0.2) is 0 Å². The monoisotopic (exact) mass is 281 g/mol. The number of hydrogen-bond acceptors (Lipinski definition) is 2. The maximum atomic E-state index is 6.13. The van der Waals surface area contributed by atoms with Gasteiger partial charge in [0.25, 0.3) is 0 Å². The van der Waals surface area contributed by atoms with Crippen LogP contribution in [0.5, 0.6) is 0 Å². The molecule has 3 rings (SSSR count). The van der Waals surface area contributed by atoms with Crippen LogP contribution in [0.25, 0.3) is 0 Å². The summed E-state index contributed by atoms with van der Waals surface area (Å²) in [5.41, 5.74) is 1.96. The summed E-state index contributed by atoms with van der Waals surface area (Å²) in [6, 6.07) is 6.80. The Balaban J connectivity index is 1.69. The molecule has 0 radical (unpaired) electrons. The highest BCUT2D eigenvalue weighted by atomic mass is 35.5. The van der Waals surface area contributed by atoms with Crippen molar-refractivity contribution in [1.82, 2.24) is 5.32 Å². The molecule has 18 heavy (non-hydrogen) atoms. The van der Waals surface area contributed by atoms with E-state index in [4.69, 9.17) is 11.6 Å². The molecule has 1 aliphatic carbocycles. The minimum absolute atomic E-state index is 0.497. The minimum atomic E-state index is 0.497. The molecule has 2 atom stereocenters. The van der Waals surface area contributed by atoms with Crippen LogP contribution in [0.15, 0.2) is 23.1 Å². The first-order valence-corrected chi connectivity index (χ1v) is 8.08. The van der Waals surface area contributed by atoms with Crippen LogP contribution in [0.4, 0.5) is 0 Å². The quantitative estimate of drug-likeness (QED) is 0.875. The van der Waals surface area contributed by atoms with Gasteiger partial charge in [0.2, 0.25) is 0 Å². The Labute approximate surface area is 119 Å². The van der Waals surface area contributed by atoms with Crippen LogP contribution in [0.1, 0.15) is 38.3 Å². The van der Waals surface area contributed by atoms with Gasteiger partial charge in [-0.2, -0.15) is 0 Å². The van der Waals surface area contributed by atoms with Gasteiger partial charge in [0.05, 0.1) is 0 Å². The summed E-state index contributed by atoms with van der Waals surface area (Å²) in [6.07, 6.45) is 2.58. The molecule has 3 heteroatoms. The average molecular weight is 282 g/mol.